The number of tetrazole rings is 1. The van der Waals surface area contributed by atoms with E-state index in [2.05, 4.69) is 25.4 Å². The molecule has 1 aromatic rings. The first kappa shape index (κ1) is 5.67. The first-order chi connectivity index (χ1) is 4.34. The number of carbonyl (C=O) groups excluding carboxylic acids is 1. The van der Waals surface area contributed by atoms with Gasteiger partial charge in [0.15, 0.2) is 0 Å². The Bertz CT molecular complexity index is 194. The van der Waals surface area contributed by atoms with E-state index in [1.165, 1.54) is 7.11 Å². The molecule has 9 heavy (non-hydrogen) atoms. The maximum Gasteiger partial charge on any atom is 0.377 e. The summed E-state index contributed by atoms with van der Waals surface area (Å²) in [7, 11) is 1.25. The third kappa shape index (κ3) is 1.01. The molecule has 0 unspecified atom stereocenters. The molecule has 0 saturated heterocycles. The maximum absolute atomic E-state index is 10.5. The van der Waals surface area contributed by atoms with Gasteiger partial charge in [-0.25, -0.2) is 9.89 Å². The Morgan fingerprint density at radius 2 is 2.56 bits per heavy atom. The number of aromatic nitrogens is 4. The summed E-state index contributed by atoms with van der Waals surface area (Å²) < 4.78 is 4.28. The molecule has 0 aliphatic carbocycles. The third-order valence-corrected chi connectivity index (χ3v) is 0.724. The molecule has 1 rings (SSSR count). The molecule has 0 bridgehead atoms. The fourth-order valence-electron chi connectivity index (χ4n) is 0.342. The fourth-order valence-corrected chi connectivity index (χ4v) is 0.342. The summed E-state index contributed by atoms with van der Waals surface area (Å²) in [5.74, 6) is -0.558. The lowest BCUT2D eigenvalue weighted by Gasteiger charge is -1.87. The molecule has 0 aromatic carbocycles. The highest BCUT2D eigenvalue weighted by molar-refractivity contribution is 5.84. The minimum absolute atomic E-state index is 0.0116. The molecule has 0 radical (unpaired) electrons. The summed E-state index contributed by atoms with van der Waals surface area (Å²) >= 11 is 0. The van der Waals surface area contributed by atoms with Gasteiger partial charge in [0.05, 0.1) is 7.11 Å². The summed E-state index contributed by atoms with van der Waals surface area (Å²) in [5, 5.41) is 11.9. The predicted molar refractivity (Wildman–Crippen MR) is 25.5 cm³/mol. The van der Waals surface area contributed by atoms with Gasteiger partial charge in [-0.1, -0.05) is 0 Å². The van der Waals surface area contributed by atoms with E-state index < -0.39 is 5.97 Å². The lowest BCUT2D eigenvalue weighted by molar-refractivity contribution is 0.0587. The smallest absolute Gasteiger partial charge is 0.377 e. The zero-order valence-electron chi connectivity index (χ0n) is 4.66. The normalized spacial score (nSPS) is 9.00. The van der Waals surface area contributed by atoms with Gasteiger partial charge in [0.2, 0.25) is 0 Å². The van der Waals surface area contributed by atoms with Crippen LogP contribution in [0.25, 0.3) is 0 Å². The number of nitrogens with zero attached hydrogens (tertiary/aromatic N) is 3. The minimum atomic E-state index is -0.569. The SMILES string of the molecule is COC(=O)c1nnn[nH]1. The van der Waals surface area contributed by atoms with Crippen LogP contribution in [0.2, 0.25) is 0 Å². The highest BCUT2D eigenvalue weighted by Crippen LogP contribution is 1.84. The summed E-state index contributed by atoms with van der Waals surface area (Å²) in [6.07, 6.45) is 0. The zero-order valence-corrected chi connectivity index (χ0v) is 4.66. The van der Waals surface area contributed by atoms with E-state index in [0.717, 1.165) is 0 Å². The first-order valence-corrected chi connectivity index (χ1v) is 2.16. The molecule has 0 aliphatic heterocycles. The Balaban J connectivity index is 2.77. The van der Waals surface area contributed by atoms with Crippen molar-refractivity contribution in [2.75, 3.05) is 7.11 Å². The van der Waals surface area contributed by atoms with Crippen LogP contribution in [-0.2, 0) is 4.74 Å². The molecule has 6 heteroatoms. The number of rotatable bonds is 1. The van der Waals surface area contributed by atoms with Gasteiger partial charge in [0, 0.05) is 0 Å². The van der Waals surface area contributed by atoms with Crippen molar-refractivity contribution in [1.29, 1.82) is 0 Å². The van der Waals surface area contributed by atoms with Gasteiger partial charge < -0.3 is 4.74 Å². The molecular weight excluding hydrogens is 124 g/mol. The van der Waals surface area contributed by atoms with Crippen LogP contribution in [0.1, 0.15) is 10.6 Å². The summed E-state index contributed by atoms with van der Waals surface area (Å²) in [4.78, 5) is 10.5. The highest BCUT2D eigenvalue weighted by atomic mass is 16.5. The Labute approximate surface area is 50.2 Å². The second-order valence-corrected chi connectivity index (χ2v) is 1.24. The molecule has 0 atom stereocenters. The second-order valence-electron chi connectivity index (χ2n) is 1.24. The van der Waals surface area contributed by atoms with Crippen molar-refractivity contribution in [3.05, 3.63) is 5.82 Å². The van der Waals surface area contributed by atoms with E-state index in [-0.39, 0.29) is 5.82 Å². The molecule has 0 aliphatic rings. The van der Waals surface area contributed by atoms with Gasteiger partial charge in [0.25, 0.3) is 5.82 Å². The number of aromatic amines is 1. The van der Waals surface area contributed by atoms with Crippen LogP contribution in [0.3, 0.4) is 0 Å². The maximum atomic E-state index is 10.5. The lowest BCUT2D eigenvalue weighted by atomic mass is 10.6. The van der Waals surface area contributed by atoms with Gasteiger partial charge in [-0.15, -0.1) is 5.10 Å². The number of ether oxygens (including phenoxy) is 1. The van der Waals surface area contributed by atoms with E-state index in [1.807, 2.05) is 0 Å². The number of H-pyrrole nitrogens is 1. The van der Waals surface area contributed by atoms with Crippen LogP contribution in [0, 0.1) is 0 Å². The quantitative estimate of drug-likeness (QED) is 0.490. The van der Waals surface area contributed by atoms with Crippen LogP contribution >= 0.6 is 0 Å². The summed E-state index contributed by atoms with van der Waals surface area (Å²) in [6, 6.07) is 0. The zero-order chi connectivity index (χ0) is 6.69. The van der Waals surface area contributed by atoms with Crippen molar-refractivity contribution >= 4 is 5.97 Å². The van der Waals surface area contributed by atoms with E-state index >= 15 is 0 Å². The number of hydrogen-bond donors (Lipinski definition) is 1. The molecule has 0 fully saturated rings. The van der Waals surface area contributed by atoms with Crippen molar-refractivity contribution in [1.82, 2.24) is 20.6 Å². The summed E-state index contributed by atoms with van der Waals surface area (Å²) in [6.45, 7) is 0. The average Bonchev–Trinajstić information content (AvgIpc) is 2.37. The highest BCUT2D eigenvalue weighted by Gasteiger charge is 2.07. The van der Waals surface area contributed by atoms with Crippen LogP contribution in [0.15, 0.2) is 0 Å². The Morgan fingerprint density at radius 3 is 3.00 bits per heavy atom. The van der Waals surface area contributed by atoms with E-state index in [1.54, 1.807) is 0 Å². The molecule has 1 N–H and O–H groups in total. The number of nitrogens with one attached hydrogen (secondary N) is 1. The van der Waals surface area contributed by atoms with Crippen LogP contribution in [0.5, 0.6) is 0 Å². The number of hydrogen-bond acceptors (Lipinski definition) is 5. The van der Waals surface area contributed by atoms with Crippen molar-refractivity contribution in [2.24, 2.45) is 0 Å². The fraction of sp³-hybridized carbons (Fsp3) is 0.333. The van der Waals surface area contributed by atoms with E-state index in [4.69, 9.17) is 0 Å². The Morgan fingerprint density at radius 1 is 1.78 bits per heavy atom. The molecule has 6 nitrogen and oxygen atoms in total. The molecular formula is C3H4N4O2. The lowest BCUT2D eigenvalue weighted by Crippen LogP contribution is -2.03. The first-order valence-electron chi connectivity index (χ1n) is 2.16. The van der Waals surface area contributed by atoms with Gasteiger partial charge in [0.1, 0.15) is 0 Å². The predicted octanol–water partition coefficient (Wildman–Crippen LogP) is -1.01. The molecule has 1 aromatic heterocycles. The van der Waals surface area contributed by atoms with Crippen LogP contribution in [0.4, 0.5) is 0 Å². The van der Waals surface area contributed by atoms with E-state index in [0.29, 0.717) is 0 Å². The van der Waals surface area contributed by atoms with Gasteiger partial charge in [-0.05, 0) is 10.4 Å². The molecule has 48 valence electrons. The number of carbonyl (C=O) groups is 1. The number of methoxy groups -OCH3 is 1. The Hall–Kier alpha value is -1.46. The van der Waals surface area contributed by atoms with Crippen molar-refractivity contribution in [2.45, 2.75) is 0 Å². The monoisotopic (exact) mass is 128 g/mol. The average molecular weight is 128 g/mol. The standard InChI is InChI=1S/C3H4N4O2/c1-9-3(8)2-4-6-7-5-2/h1H3,(H,4,5,6,7). The summed E-state index contributed by atoms with van der Waals surface area (Å²) in [5.41, 5.74) is 0. The van der Waals surface area contributed by atoms with Crippen molar-refractivity contribution in [3.63, 3.8) is 0 Å². The minimum Gasteiger partial charge on any atom is -0.463 e. The Kier molecular flexibility index (Phi) is 1.39. The molecule has 1 heterocycles. The van der Waals surface area contributed by atoms with Gasteiger partial charge in [-0.2, -0.15) is 0 Å². The third-order valence-electron chi connectivity index (χ3n) is 0.724. The van der Waals surface area contributed by atoms with E-state index in [9.17, 15) is 4.79 Å². The number of esters is 1. The van der Waals surface area contributed by atoms with Crippen LogP contribution in [-0.4, -0.2) is 33.7 Å². The molecule has 0 spiro atoms. The van der Waals surface area contributed by atoms with Gasteiger partial charge in [-0.3, -0.25) is 0 Å². The van der Waals surface area contributed by atoms with Crippen LogP contribution < -0.4 is 0 Å². The molecule has 0 amide bonds. The second kappa shape index (κ2) is 2.21. The topological polar surface area (TPSA) is 80.8 Å². The molecule has 0 saturated carbocycles. The van der Waals surface area contributed by atoms with Crippen molar-refractivity contribution < 1.29 is 9.53 Å². The largest absolute Gasteiger partial charge is 0.463 e. The van der Waals surface area contributed by atoms with Crippen molar-refractivity contribution in [3.8, 4) is 0 Å². The van der Waals surface area contributed by atoms with Gasteiger partial charge >= 0.3 is 5.97 Å².